The van der Waals surface area contributed by atoms with Gasteiger partial charge in [-0.3, -0.25) is 4.98 Å². The van der Waals surface area contributed by atoms with Crippen LogP contribution in [0, 0.1) is 0 Å². The Morgan fingerprint density at radius 2 is 0.767 bits per heavy atom. The van der Waals surface area contributed by atoms with E-state index in [0.717, 1.165) is 49.7 Å². The molecule has 12 aromatic rings. The zero-order valence-electron chi connectivity index (χ0n) is 32.1. The van der Waals surface area contributed by atoms with Gasteiger partial charge < -0.3 is 0 Å². The minimum atomic E-state index is 0.620. The predicted octanol–water partition coefficient (Wildman–Crippen LogP) is 15.2. The largest absolute Gasteiger partial charge is 0.264 e. The molecule has 4 heterocycles. The van der Waals surface area contributed by atoms with Crippen LogP contribution < -0.4 is 0 Å². The highest BCUT2D eigenvalue weighted by Crippen LogP contribution is 2.45. The number of thiophene rings is 2. The van der Waals surface area contributed by atoms with E-state index in [4.69, 9.17) is 15.0 Å². The van der Waals surface area contributed by atoms with E-state index in [1.807, 2.05) is 59.3 Å². The number of pyridine rings is 1. The molecule has 0 saturated carbocycles. The molecule has 6 heteroatoms. The topological polar surface area (TPSA) is 51.6 Å². The number of nitrogens with zero attached hydrogens (tertiary/aromatic N) is 4. The summed E-state index contributed by atoms with van der Waals surface area (Å²) in [6.07, 6.45) is 3.73. The summed E-state index contributed by atoms with van der Waals surface area (Å²) >= 11 is 3.70. The van der Waals surface area contributed by atoms with Crippen LogP contribution in [0.15, 0.2) is 194 Å². The highest BCUT2D eigenvalue weighted by molar-refractivity contribution is 7.26. The molecule has 0 bridgehead atoms. The Balaban J connectivity index is 1.13. The maximum Gasteiger partial charge on any atom is 0.164 e. The molecule has 8 aromatic carbocycles. The number of fused-ring (bicyclic) bond motifs is 7. The first-order valence-electron chi connectivity index (χ1n) is 19.9. The summed E-state index contributed by atoms with van der Waals surface area (Å²) in [7, 11) is 0. The summed E-state index contributed by atoms with van der Waals surface area (Å²) in [5.74, 6) is 1.87. The van der Waals surface area contributed by atoms with E-state index in [0.29, 0.717) is 17.5 Å². The van der Waals surface area contributed by atoms with Crippen LogP contribution in [0.4, 0.5) is 0 Å². The lowest BCUT2D eigenvalue weighted by molar-refractivity contribution is 1.08. The lowest BCUT2D eigenvalue weighted by atomic mass is 9.94. The molecule has 0 aliphatic heterocycles. The van der Waals surface area contributed by atoms with Gasteiger partial charge in [0.1, 0.15) is 0 Å². The second kappa shape index (κ2) is 14.2. The number of aromatic nitrogens is 4. The molecule has 0 aliphatic carbocycles. The third-order valence-electron chi connectivity index (χ3n) is 11.4. The standard InChI is InChI=1S/C54H32N4S2/c1-2-13-33(14-3-1)52-56-53(58-54(57-52)47-25-11-21-41-38(18-8-22-42(41)47)34-15-12-28-55-32-34)37-30-35(39-19-9-23-45-43-16-4-6-26-48(43)59-50(39)45)29-36(31-37)40-20-10-24-46-44-17-5-7-27-49(44)60-51(40)46/h1-32H. The van der Waals surface area contributed by atoms with Gasteiger partial charge >= 0.3 is 0 Å². The van der Waals surface area contributed by atoms with E-state index in [-0.39, 0.29) is 0 Å². The van der Waals surface area contributed by atoms with Gasteiger partial charge in [0.15, 0.2) is 17.5 Å². The van der Waals surface area contributed by atoms with E-state index < -0.39 is 0 Å². The third kappa shape index (κ3) is 5.80. The van der Waals surface area contributed by atoms with Crippen molar-refractivity contribution in [3.8, 4) is 67.5 Å². The van der Waals surface area contributed by atoms with Gasteiger partial charge in [0.05, 0.1) is 0 Å². The Kier molecular flexibility index (Phi) is 8.18. The smallest absolute Gasteiger partial charge is 0.164 e. The molecule has 280 valence electrons. The van der Waals surface area contributed by atoms with Crippen molar-refractivity contribution in [3.63, 3.8) is 0 Å². The lowest BCUT2D eigenvalue weighted by Gasteiger charge is -2.14. The summed E-state index contributed by atoms with van der Waals surface area (Å²) in [6.45, 7) is 0. The Morgan fingerprint density at radius 3 is 1.38 bits per heavy atom. The van der Waals surface area contributed by atoms with Crippen LogP contribution in [0.2, 0.25) is 0 Å². The van der Waals surface area contributed by atoms with Crippen molar-refractivity contribution >= 4 is 73.8 Å². The molecule has 60 heavy (non-hydrogen) atoms. The quantitative estimate of drug-likeness (QED) is 0.168. The average Bonchev–Trinajstić information content (AvgIpc) is 3.90. The van der Waals surface area contributed by atoms with Gasteiger partial charge in [-0.05, 0) is 75.0 Å². The molecule has 0 amide bonds. The van der Waals surface area contributed by atoms with Crippen molar-refractivity contribution in [1.29, 1.82) is 0 Å². The molecule has 4 aromatic heterocycles. The van der Waals surface area contributed by atoms with Crippen LogP contribution in [-0.2, 0) is 0 Å². The summed E-state index contributed by atoms with van der Waals surface area (Å²) in [6, 6.07) is 64.8. The lowest BCUT2D eigenvalue weighted by Crippen LogP contribution is -2.01. The van der Waals surface area contributed by atoms with Gasteiger partial charge in [-0.25, -0.2) is 15.0 Å². The van der Waals surface area contributed by atoms with Crippen molar-refractivity contribution in [2.45, 2.75) is 0 Å². The highest BCUT2D eigenvalue weighted by atomic mass is 32.1. The molecule has 0 saturated heterocycles. The molecule has 0 aliphatic rings. The second-order valence-corrected chi connectivity index (χ2v) is 17.1. The van der Waals surface area contributed by atoms with Crippen LogP contribution in [-0.4, -0.2) is 19.9 Å². The Labute approximate surface area is 353 Å². The maximum absolute atomic E-state index is 5.39. The number of benzene rings is 8. The zero-order valence-corrected chi connectivity index (χ0v) is 33.7. The second-order valence-electron chi connectivity index (χ2n) is 15.0. The van der Waals surface area contributed by atoms with Crippen LogP contribution in [0.25, 0.3) is 119 Å². The van der Waals surface area contributed by atoms with E-state index >= 15 is 0 Å². The first-order valence-corrected chi connectivity index (χ1v) is 21.6. The highest BCUT2D eigenvalue weighted by Gasteiger charge is 2.20. The fourth-order valence-corrected chi connectivity index (χ4v) is 11.1. The molecular formula is C54H32N4S2. The van der Waals surface area contributed by atoms with E-state index in [9.17, 15) is 0 Å². The summed E-state index contributed by atoms with van der Waals surface area (Å²) in [5.41, 5.74) is 9.59. The fourth-order valence-electron chi connectivity index (χ4n) is 8.64. The minimum absolute atomic E-state index is 0.620. The summed E-state index contributed by atoms with van der Waals surface area (Å²) < 4.78 is 5.09. The van der Waals surface area contributed by atoms with Gasteiger partial charge in [0.2, 0.25) is 0 Å². The average molecular weight is 801 g/mol. The number of hydrogen-bond acceptors (Lipinski definition) is 6. The van der Waals surface area contributed by atoms with Crippen molar-refractivity contribution in [2.75, 3.05) is 0 Å². The molecule has 0 spiro atoms. The van der Waals surface area contributed by atoms with Crippen molar-refractivity contribution in [1.82, 2.24) is 19.9 Å². The molecule has 0 N–H and O–H groups in total. The zero-order chi connectivity index (χ0) is 39.6. The molecule has 0 radical (unpaired) electrons. The Hall–Kier alpha value is -7.38. The molecule has 0 fully saturated rings. The molecular weight excluding hydrogens is 769 g/mol. The van der Waals surface area contributed by atoms with Crippen LogP contribution in [0.3, 0.4) is 0 Å². The molecule has 0 unspecified atom stereocenters. The molecule has 0 atom stereocenters. The van der Waals surface area contributed by atoms with Gasteiger partial charge in [-0.2, -0.15) is 0 Å². The van der Waals surface area contributed by atoms with E-state index in [1.165, 1.54) is 51.5 Å². The summed E-state index contributed by atoms with van der Waals surface area (Å²) in [5, 5.41) is 7.27. The Bertz CT molecular complexity index is 3480. The first kappa shape index (κ1) is 34.6. The molecule has 12 rings (SSSR count). The van der Waals surface area contributed by atoms with Crippen LogP contribution >= 0.6 is 22.7 Å². The fraction of sp³-hybridized carbons (Fsp3) is 0. The van der Waals surface area contributed by atoms with Gasteiger partial charge in [0, 0.05) is 75.0 Å². The van der Waals surface area contributed by atoms with E-state index in [2.05, 4.69) is 163 Å². The monoisotopic (exact) mass is 800 g/mol. The number of hydrogen-bond donors (Lipinski definition) is 0. The molecule has 4 nitrogen and oxygen atoms in total. The van der Waals surface area contributed by atoms with Gasteiger partial charge in [-0.1, -0.05) is 146 Å². The number of rotatable bonds is 6. The minimum Gasteiger partial charge on any atom is -0.264 e. The third-order valence-corrected chi connectivity index (χ3v) is 13.9. The maximum atomic E-state index is 5.39. The van der Waals surface area contributed by atoms with Crippen molar-refractivity contribution < 1.29 is 0 Å². The van der Waals surface area contributed by atoms with Crippen LogP contribution in [0.1, 0.15) is 0 Å². The first-order chi connectivity index (χ1) is 29.7. The van der Waals surface area contributed by atoms with Crippen LogP contribution in [0.5, 0.6) is 0 Å². The SMILES string of the molecule is c1ccc(-c2nc(-c3cc(-c4cccc5c4sc4ccccc45)cc(-c4cccc5c4sc4ccccc45)c3)nc(-c3cccc4c(-c5cccnc5)cccc34)n2)cc1. The van der Waals surface area contributed by atoms with Gasteiger partial charge in [0.25, 0.3) is 0 Å². The summed E-state index contributed by atoms with van der Waals surface area (Å²) in [4.78, 5) is 20.3. The normalized spacial score (nSPS) is 11.7. The van der Waals surface area contributed by atoms with Crippen molar-refractivity contribution in [2.24, 2.45) is 0 Å². The predicted molar refractivity (Wildman–Crippen MR) is 254 cm³/mol. The Morgan fingerprint density at radius 1 is 0.300 bits per heavy atom. The van der Waals surface area contributed by atoms with E-state index in [1.54, 1.807) is 0 Å². The van der Waals surface area contributed by atoms with Gasteiger partial charge in [-0.15, -0.1) is 22.7 Å². The van der Waals surface area contributed by atoms with Crippen molar-refractivity contribution in [3.05, 3.63) is 194 Å².